The highest BCUT2D eigenvalue weighted by atomic mass is 16.7. The molecule has 1 saturated heterocycles. The van der Waals surface area contributed by atoms with E-state index in [-0.39, 0.29) is 5.91 Å². The maximum atomic E-state index is 12.7. The number of carbonyl (C=O) groups is 1. The van der Waals surface area contributed by atoms with Crippen LogP contribution in [0.4, 0.5) is 0 Å². The van der Waals surface area contributed by atoms with Gasteiger partial charge in [0.05, 0.1) is 13.5 Å². The van der Waals surface area contributed by atoms with Crippen LogP contribution in [0.3, 0.4) is 0 Å². The van der Waals surface area contributed by atoms with Crippen molar-refractivity contribution in [1.29, 1.82) is 0 Å². The lowest BCUT2D eigenvalue weighted by Crippen LogP contribution is -2.47. The molecule has 0 atom stereocenters. The van der Waals surface area contributed by atoms with Gasteiger partial charge in [0.2, 0.25) is 5.91 Å². The molecule has 2 heterocycles. The van der Waals surface area contributed by atoms with Gasteiger partial charge in [0, 0.05) is 31.5 Å². The van der Waals surface area contributed by atoms with Gasteiger partial charge >= 0.3 is 0 Å². The van der Waals surface area contributed by atoms with Crippen molar-refractivity contribution in [3.8, 4) is 5.75 Å². The van der Waals surface area contributed by atoms with E-state index in [1.807, 2.05) is 41.3 Å². The lowest BCUT2D eigenvalue weighted by molar-refractivity contribution is -0.138. The molecule has 1 spiro atoms. The van der Waals surface area contributed by atoms with E-state index in [0.717, 1.165) is 22.7 Å². The zero-order valence-corrected chi connectivity index (χ0v) is 16.3. The summed E-state index contributed by atoms with van der Waals surface area (Å²) in [6.45, 7) is 3.33. The quantitative estimate of drug-likeness (QED) is 0.887. The molecular formula is C22H25N3O3. The molecule has 0 aromatic heterocycles. The number of rotatable bonds is 4. The number of piperidine rings is 1. The Bertz CT molecular complexity index is 884. The number of hydroxylamine groups is 1. The van der Waals surface area contributed by atoms with Crippen LogP contribution in [-0.2, 0) is 16.1 Å². The van der Waals surface area contributed by atoms with Gasteiger partial charge in [-0.25, -0.2) is 15.3 Å². The molecule has 0 bridgehead atoms. The topological polar surface area (TPSA) is 63.2 Å². The third-order valence-corrected chi connectivity index (χ3v) is 5.37. The number of nitrogens with one attached hydrogen (secondary N) is 1. The lowest BCUT2D eigenvalue weighted by Gasteiger charge is -2.35. The van der Waals surface area contributed by atoms with E-state index >= 15 is 0 Å². The number of carbonyl (C=O) groups excluding carboxylic acids is 1. The van der Waals surface area contributed by atoms with Crippen LogP contribution in [-0.4, -0.2) is 42.6 Å². The van der Waals surface area contributed by atoms with E-state index in [4.69, 9.17) is 14.6 Å². The van der Waals surface area contributed by atoms with E-state index < -0.39 is 5.72 Å². The first-order chi connectivity index (χ1) is 13.6. The van der Waals surface area contributed by atoms with E-state index in [2.05, 4.69) is 24.5 Å². The summed E-state index contributed by atoms with van der Waals surface area (Å²) in [5, 5.41) is 0. The first-order valence-electron chi connectivity index (χ1n) is 9.58. The van der Waals surface area contributed by atoms with E-state index in [9.17, 15) is 4.79 Å². The number of hydrogen-bond acceptors (Lipinski definition) is 5. The Morgan fingerprint density at radius 3 is 2.68 bits per heavy atom. The largest absolute Gasteiger partial charge is 0.497 e. The maximum Gasteiger partial charge on any atom is 0.226 e. The zero-order chi connectivity index (χ0) is 19.6. The predicted molar refractivity (Wildman–Crippen MR) is 107 cm³/mol. The van der Waals surface area contributed by atoms with Gasteiger partial charge in [-0.05, 0) is 24.6 Å². The molecule has 0 aliphatic carbocycles. The summed E-state index contributed by atoms with van der Waals surface area (Å²) >= 11 is 0. The number of likely N-dealkylation sites (tertiary alicyclic amines) is 1. The first-order valence-corrected chi connectivity index (χ1v) is 9.58. The zero-order valence-electron chi connectivity index (χ0n) is 16.3. The Hall–Kier alpha value is -2.86. The predicted octanol–water partition coefficient (Wildman–Crippen LogP) is 2.85. The molecule has 1 amide bonds. The average Bonchev–Trinajstić information content (AvgIpc) is 3.12. The number of amides is 1. The Morgan fingerprint density at radius 2 is 1.96 bits per heavy atom. The van der Waals surface area contributed by atoms with Crippen LogP contribution >= 0.6 is 0 Å². The second-order valence-corrected chi connectivity index (χ2v) is 7.39. The molecule has 1 fully saturated rings. The second kappa shape index (κ2) is 7.64. The van der Waals surface area contributed by atoms with Crippen molar-refractivity contribution in [1.82, 2.24) is 10.4 Å². The van der Waals surface area contributed by atoms with E-state index in [1.165, 1.54) is 5.56 Å². The van der Waals surface area contributed by atoms with Crippen LogP contribution in [0.15, 0.2) is 53.5 Å². The van der Waals surface area contributed by atoms with E-state index in [0.29, 0.717) is 32.4 Å². The molecule has 6 heteroatoms. The fourth-order valence-corrected chi connectivity index (χ4v) is 3.62. The average molecular weight is 379 g/mol. The summed E-state index contributed by atoms with van der Waals surface area (Å²) < 4.78 is 5.24. The number of benzene rings is 2. The minimum Gasteiger partial charge on any atom is -0.497 e. The number of aliphatic imine (C=N–C) groups is 1. The highest BCUT2D eigenvalue weighted by Gasteiger charge is 2.41. The van der Waals surface area contributed by atoms with Gasteiger partial charge in [-0.2, -0.15) is 0 Å². The standard InChI is InChI=1S/C22H25N3O3/c1-16-6-8-18(9-7-16)21-23-22(28-24-21)10-12-25(13-11-22)20(26)15-17-4-3-5-19(14-17)27-2/h3-9,14H,10-13,15H2,1-2H3,(H,23,24). The first kappa shape index (κ1) is 18.5. The van der Waals surface area contributed by atoms with Crippen molar-refractivity contribution in [2.24, 2.45) is 4.99 Å². The fraction of sp³-hybridized carbons (Fsp3) is 0.364. The van der Waals surface area contributed by atoms with Crippen LogP contribution < -0.4 is 10.2 Å². The molecular weight excluding hydrogens is 354 g/mol. The Kier molecular flexibility index (Phi) is 5.05. The molecule has 6 nitrogen and oxygen atoms in total. The maximum absolute atomic E-state index is 12.7. The highest BCUT2D eigenvalue weighted by molar-refractivity contribution is 5.99. The van der Waals surface area contributed by atoms with Gasteiger partial charge in [0.25, 0.3) is 0 Å². The molecule has 0 unspecified atom stereocenters. The van der Waals surface area contributed by atoms with Gasteiger partial charge in [-0.1, -0.05) is 42.0 Å². The SMILES string of the molecule is COc1cccc(CC(=O)N2CCC3(CC2)N=C(c2ccc(C)cc2)NO3)c1. The van der Waals surface area contributed by atoms with Gasteiger partial charge in [0.15, 0.2) is 11.6 Å². The Balaban J connectivity index is 1.37. The lowest BCUT2D eigenvalue weighted by atomic mass is 10.00. The molecule has 0 radical (unpaired) electrons. The van der Waals surface area contributed by atoms with Gasteiger partial charge in [-0.3, -0.25) is 4.79 Å². The second-order valence-electron chi connectivity index (χ2n) is 7.39. The summed E-state index contributed by atoms with van der Waals surface area (Å²) in [7, 11) is 1.63. The molecule has 4 rings (SSSR count). The third kappa shape index (κ3) is 3.87. The number of aryl methyl sites for hydroxylation is 1. The number of methoxy groups -OCH3 is 1. The molecule has 2 aromatic carbocycles. The molecule has 2 aliphatic rings. The normalized spacial score (nSPS) is 17.9. The number of hydrogen-bond donors (Lipinski definition) is 1. The van der Waals surface area contributed by atoms with E-state index in [1.54, 1.807) is 7.11 Å². The summed E-state index contributed by atoms with van der Waals surface area (Å²) in [5.74, 6) is 1.65. The van der Waals surface area contributed by atoms with Crippen LogP contribution in [0.5, 0.6) is 5.75 Å². The van der Waals surface area contributed by atoms with Crippen LogP contribution in [0, 0.1) is 6.92 Å². The van der Waals surface area contributed by atoms with Crippen molar-refractivity contribution < 1.29 is 14.4 Å². The number of ether oxygens (including phenoxy) is 1. The number of amidine groups is 1. The summed E-state index contributed by atoms with van der Waals surface area (Å²) in [6, 6.07) is 15.8. The van der Waals surface area contributed by atoms with Crippen molar-refractivity contribution >= 4 is 11.7 Å². The van der Waals surface area contributed by atoms with Crippen molar-refractivity contribution in [2.45, 2.75) is 31.9 Å². The molecule has 2 aliphatic heterocycles. The Morgan fingerprint density at radius 1 is 1.21 bits per heavy atom. The van der Waals surface area contributed by atoms with Gasteiger partial charge < -0.3 is 9.64 Å². The third-order valence-electron chi connectivity index (χ3n) is 5.37. The minimum atomic E-state index is -0.576. The molecule has 0 saturated carbocycles. The molecule has 28 heavy (non-hydrogen) atoms. The van der Waals surface area contributed by atoms with Crippen LogP contribution in [0.25, 0.3) is 0 Å². The molecule has 1 N–H and O–H groups in total. The van der Waals surface area contributed by atoms with Gasteiger partial charge in [0.1, 0.15) is 5.75 Å². The van der Waals surface area contributed by atoms with Crippen LogP contribution in [0.1, 0.15) is 29.5 Å². The summed E-state index contributed by atoms with van der Waals surface area (Å²) in [6.07, 6.45) is 1.74. The van der Waals surface area contributed by atoms with Crippen molar-refractivity contribution in [3.63, 3.8) is 0 Å². The summed E-state index contributed by atoms with van der Waals surface area (Å²) in [4.78, 5) is 25.2. The van der Waals surface area contributed by atoms with Crippen molar-refractivity contribution in [3.05, 3.63) is 65.2 Å². The van der Waals surface area contributed by atoms with Gasteiger partial charge in [-0.15, -0.1) is 0 Å². The van der Waals surface area contributed by atoms with Crippen LogP contribution in [0.2, 0.25) is 0 Å². The molecule has 2 aromatic rings. The Labute approximate surface area is 165 Å². The fourth-order valence-electron chi connectivity index (χ4n) is 3.62. The van der Waals surface area contributed by atoms with Crippen molar-refractivity contribution in [2.75, 3.05) is 20.2 Å². The minimum absolute atomic E-state index is 0.122. The summed E-state index contributed by atoms with van der Waals surface area (Å²) in [5.41, 5.74) is 5.59. The highest BCUT2D eigenvalue weighted by Crippen LogP contribution is 2.31. The smallest absolute Gasteiger partial charge is 0.226 e. The monoisotopic (exact) mass is 379 g/mol. The molecule has 146 valence electrons. The number of nitrogens with zero attached hydrogens (tertiary/aromatic N) is 2.